The van der Waals surface area contributed by atoms with Crippen LogP contribution in [0.15, 0.2) is 36.4 Å². The maximum absolute atomic E-state index is 12.9. The van der Waals surface area contributed by atoms with Crippen LogP contribution in [0, 0.1) is 13.8 Å². The summed E-state index contributed by atoms with van der Waals surface area (Å²) in [5.41, 5.74) is 4.13. The average molecular weight is 412 g/mol. The first-order valence-electron chi connectivity index (χ1n) is 10.5. The van der Waals surface area contributed by atoms with Gasteiger partial charge in [-0.1, -0.05) is 50.5 Å². The van der Waals surface area contributed by atoms with Gasteiger partial charge in [-0.05, 0) is 55.0 Å². The molecule has 0 fully saturated rings. The molecule has 0 bridgehead atoms. The molecule has 2 rings (SSSR count). The van der Waals surface area contributed by atoms with Crippen molar-refractivity contribution in [1.29, 1.82) is 0 Å². The third-order valence-electron chi connectivity index (χ3n) is 5.35. The van der Waals surface area contributed by atoms with Crippen molar-refractivity contribution in [3.63, 3.8) is 0 Å². The number of nitrogens with one attached hydrogen (secondary N) is 1. The predicted molar refractivity (Wildman–Crippen MR) is 120 cm³/mol. The minimum absolute atomic E-state index is 0.102. The maximum Gasteiger partial charge on any atom is 0.339 e. The summed E-state index contributed by atoms with van der Waals surface area (Å²) >= 11 is 0. The van der Waals surface area contributed by atoms with Gasteiger partial charge in [0.15, 0.2) is 0 Å². The summed E-state index contributed by atoms with van der Waals surface area (Å²) in [5.74, 6) is 0.415. The molecule has 2 aromatic carbocycles. The number of rotatable bonds is 10. The van der Waals surface area contributed by atoms with Crippen molar-refractivity contribution in [2.45, 2.75) is 58.8 Å². The number of anilines is 1. The fraction of sp³-hybridized carbons (Fsp3) is 0.440. The quantitative estimate of drug-likeness (QED) is 0.397. The maximum atomic E-state index is 12.9. The Kier molecular flexibility index (Phi) is 8.90. The van der Waals surface area contributed by atoms with Crippen LogP contribution in [0.3, 0.4) is 0 Å². The summed E-state index contributed by atoms with van der Waals surface area (Å²) in [7, 11) is 3.01. The number of unbranched alkanes of at least 4 members (excludes halogenated alkanes) is 2. The number of carbonyl (C=O) groups excluding carboxylic acids is 2. The van der Waals surface area contributed by atoms with Crippen LogP contribution in [-0.4, -0.2) is 26.1 Å². The van der Waals surface area contributed by atoms with E-state index in [0.29, 0.717) is 17.7 Å². The van der Waals surface area contributed by atoms with Gasteiger partial charge in [-0.15, -0.1) is 0 Å². The Morgan fingerprint density at radius 3 is 2.30 bits per heavy atom. The zero-order valence-electron chi connectivity index (χ0n) is 18.7. The van der Waals surface area contributed by atoms with Crippen LogP contribution in [-0.2, 0) is 9.53 Å². The average Bonchev–Trinajstić information content (AvgIpc) is 2.72. The number of amides is 1. The molecule has 0 aliphatic heterocycles. The second kappa shape index (κ2) is 11.4. The van der Waals surface area contributed by atoms with Crippen LogP contribution in [0.25, 0.3) is 0 Å². The standard InChI is InChI=1S/C25H33NO4/c1-6-7-8-11-19(20-14-17(2)24(29-4)18(3)15-20)16-23(27)26-22-13-10-9-12-21(22)25(28)30-5/h9-10,12-15,19H,6-8,11,16H2,1-5H3,(H,26,27). The molecule has 1 unspecified atom stereocenters. The third-order valence-corrected chi connectivity index (χ3v) is 5.35. The number of aryl methyl sites for hydroxylation is 2. The Morgan fingerprint density at radius 2 is 1.70 bits per heavy atom. The van der Waals surface area contributed by atoms with E-state index >= 15 is 0 Å². The van der Waals surface area contributed by atoms with Gasteiger partial charge in [0.25, 0.3) is 0 Å². The highest BCUT2D eigenvalue weighted by atomic mass is 16.5. The van der Waals surface area contributed by atoms with Gasteiger partial charge < -0.3 is 14.8 Å². The second-order valence-electron chi connectivity index (χ2n) is 7.67. The molecule has 0 saturated heterocycles. The molecule has 5 nitrogen and oxygen atoms in total. The normalized spacial score (nSPS) is 11.6. The lowest BCUT2D eigenvalue weighted by Gasteiger charge is -2.20. The van der Waals surface area contributed by atoms with Gasteiger partial charge in [0.05, 0.1) is 25.5 Å². The molecular formula is C25H33NO4. The van der Waals surface area contributed by atoms with E-state index in [2.05, 4.69) is 24.4 Å². The summed E-state index contributed by atoms with van der Waals surface area (Å²) in [6.45, 7) is 6.24. The Hall–Kier alpha value is -2.82. The second-order valence-corrected chi connectivity index (χ2v) is 7.67. The monoisotopic (exact) mass is 411 g/mol. The van der Waals surface area contributed by atoms with Crippen LogP contribution in [0.2, 0.25) is 0 Å². The molecule has 0 aliphatic rings. The van der Waals surface area contributed by atoms with E-state index in [1.807, 2.05) is 13.8 Å². The molecule has 2 aromatic rings. The van der Waals surface area contributed by atoms with Gasteiger partial charge in [-0.25, -0.2) is 4.79 Å². The van der Waals surface area contributed by atoms with Crippen LogP contribution in [0.1, 0.15) is 72.0 Å². The number of hydrogen-bond acceptors (Lipinski definition) is 4. The van der Waals surface area contributed by atoms with Crippen molar-refractivity contribution in [3.8, 4) is 5.75 Å². The van der Waals surface area contributed by atoms with Crippen molar-refractivity contribution in [2.24, 2.45) is 0 Å². The molecule has 0 aliphatic carbocycles. The summed E-state index contributed by atoms with van der Waals surface area (Å²) in [6.07, 6.45) is 4.62. The van der Waals surface area contributed by atoms with Crippen molar-refractivity contribution in [3.05, 3.63) is 58.7 Å². The number of ether oxygens (including phenoxy) is 2. The minimum Gasteiger partial charge on any atom is -0.496 e. The summed E-state index contributed by atoms with van der Waals surface area (Å²) < 4.78 is 10.3. The largest absolute Gasteiger partial charge is 0.496 e. The molecule has 1 N–H and O–H groups in total. The van der Waals surface area contributed by atoms with Gasteiger partial charge in [0.1, 0.15) is 5.75 Å². The highest BCUT2D eigenvalue weighted by Gasteiger charge is 2.20. The SMILES string of the molecule is CCCCCC(CC(=O)Nc1ccccc1C(=O)OC)c1cc(C)c(OC)c(C)c1. The van der Waals surface area contributed by atoms with Gasteiger partial charge in [0, 0.05) is 6.42 Å². The summed E-state index contributed by atoms with van der Waals surface area (Å²) in [6, 6.07) is 11.2. The van der Waals surface area contributed by atoms with Crippen molar-refractivity contribution >= 4 is 17.6 Å². The molecule has 30 heavy (non-hydrogen) atoms. The van der Waals surface area contributed by atoms with E-state index in [-0.39, 0.29) is 11.8 Å². The van der Waals surface area contributed by atoms with Crippen LogP contribution >= 0.6 is 0 Å². The predicted octanol–water partition coefficient (Wildman–Crippen LogP) is 5.79. The highest BCUT2D eigenvalue weighted by Crippen LogP contribution is 2.33. The fourth-order valence-electron chi connectivity index (χ4n) is 3.87. The fourth-order valence-corrected chi connectivity index (χ4v) is 3.87. The Balaban J connectivity index is 2.23. The van der Waals surface area contributed by atoms with Gasteiger partial charge in [-0.2, -0.15) is 0 Å². The van der Waals surface area contributed by atoms with Crippen LogP contribution in [0.5, 0.6) is 5.75 Å². The first-order valence-corrected chi connectivity index (χ1v) is 10.5. The van der Waals surface area contributed by atoms with Gasteiger partial charge in [-0.3, -0.25) is 4.79 Å². The van der Waals surface area contributed by atoms with E-state index in [1.165, 1.54) is 7.11 Å². The Morgan fingerprint density at radius 1 is 1.03 bits per heavy atom. The lowest BCUT2D eigenvalue weighted by Crippen LogP contribution is -2.18. The van der Waals surface area contributed by atoms with Crippen molar-refractivity contribution in [1.82, 2.24) is 0 Å². The number of carbonyl (C=O) groups is 2. The van der Waals surface area contributed by atoms with E-state index in [4.69, 9.17) is 9.47 Å². The molecule has 162 valence electrons. The number of benzene rings is 2. The first-order chi connectivity index (χ1) is 14.4. The zero-order chi connectivity index (χ0) is 22.1. The van der Waals surface area contributed by atoms with E-state index in [1.54, 1.807) is 31.4 Å². The molecule has 0 heterocycles. The molecule has 5 heteroatoms. The summed E-state index contributed by atoms with van der Waals surface area (Å²) in [5, 5.41) is 2.90. The highest BCUT2D eigenvalue weighted by molar-refractivity contribution is 6.01. The number of para-hydroxylation sites is 1. The molecule has 1 amide bonds. The van der Waals surface area contributed by atoms with Crippen LogP contribution in [0.4, 0.5) is 5.69 Å². The smallest absolute Gasteiger partial charge is 0.339 e. The Labute approximate surface area is 179 Å². The van der Waals surface area contributed by atoms with E-state index < -0.39 is 5.97 Å². The lowest BCUT2D eigenvalue weighted by molar-refractivity contribution is -0.116. The lowest BCUT2D eigenvalue weighted by atomic mass is 9.88. The molecular weight excluding hydrogens is 378 g/mol. The number of hydrogen-bond donors (Lipinski definition) is 1. The first kappa shape index (κ1) is 23.5. The zero-order valence-corrected chi connectivity index (χ0v) is 18.7. The summed E-state index contributed by atoms with van der Waals surface area (Å²) in [4.78, 5) is 24.9. The topological polar surface area (TPSA) is 64.6 Å². The van der Waals surface area contributed by atoms with Gasteiger partial charge >= 0.3 is 5.97 Å². The third kappa shape index (κ3) is 6.09. The molecule has 0 saturated carbocycles. The number of esters is 1. The molecule has 0 spiro atoms. The molecule has 0 radical (unpaired) electrons. The van der Waals surface area contributed by atoms with Gasteiger partial charge in [0.2, 0.25) is 5.91 Å². The van der Waals surface area contributed by atoms with Crippen molar-refractivity contribution in [2.75, 3.05) is 19.5 Å². The van der Waals surface area contributed by atoms with E-state index in [0.717, 1.165) is 48.1 Å². The number of methoxy groups -OCH3 is 2. The molecule has 1 atom stereocenters. The van der Waals surface area contributed by atoms with Crippen molar-refractivity contribution < 1.29 is 19.1 Å². The van der Waals surface area contributed by atoms with E-state index in [9.17, 15) is 9.59 Å². The Bertz CT molecular complexity index is 852. The van der Waals surface area contributed by atoms with Crippen LogP contribution < -0.4 is 10.1 Å². The minimum atomic E-state index is -0.466. The molecule has 0 aromatic heterocycles.